The fourth-order valence-corrected chi connectivity index (χ4v) is 4.51. The van der Waals surface area contributed by atoms with Crippen LogP contribution in [0.5, 0.6) is 0 Å². The molecule has 0 radical (unpaired) electrons. The van der Waals surface area contributed by atoms with E-state index >= 15 is 0 Å². The number of ether oxygens (including phenoxy) is 1. The average Bonchev–Trinajstić information content (AvgIpc) is 3.58. The predicted octanol–water partition coefficient (Wildman–Crippen LogP) is 1.30. The van der Waals surface area contributed by atoms with Gasteiger partial charge in [0.2, 0.25) is 10.0 Å². The van der Waals surface area contributed by atoms with E-state index in [-0.39, 0.29) is 10.8 Å². The summed E-state index contributed by atoms with van der Waals surface area (Å²) in [6, 6.07) is 7.91. The number of rotatable bonds is 6. The molecule has 0 unspecified atom stereocenters. The SMILES string of the molecule is O=C(NCc1cc(C2CC2)ncn1)c1ccc(S(=O)(=O)N2CCOCC2)cc1. The van der Waals surface area contributed by atoms with Crippen LogP contribution in [0.25, 0.3) is 0 Å². The highest BCUT2D eigenvalue weighted by atomic mass is 32.2. The molecule has 8 nitrogen and oxygen atoms in total. The molecule has 9 heteroatoms. The minimum atomic E-state index is -3.56. The molecule has 2 aromatic rings. The van der Waals surface area contributed by atoms with Crippen molar-refractivity contribution in [2.75, 3.05) is 26.3 Å². The van der Waals surface area contributed by atoms with Gasteiger partial charge < -0.3 is 10.1 Å². The van der Waals surface area contributed by atoms with Crippen LogP contribution >= 0.6 is 0 Å². The molecule has 4 rings (SSSR count). The van der Waals surface area contributed by atoms with Crippen molar-refractivity contribution in [1.82, 2.24) is 19.6 Å². The Hall–Kier alpha value is -2.36. The van der Waals surface area contributed by atoms with Gasteiger partial charge in [-0.15, -0.1) is 0 Å². The Morgan fingerprint density at radius 3 is 2.54 bits per heavy atom. The molecule has 1 aliphatic heterocycles. The monoisotopic (exact) mass is 402 g/mol. The third-order valence-corrected chi connectivity index (χ3v) is 6.81. The number of carbonyl (C=O) groups excluding carboxylic acids is 1. The molecule has 28 heavy (non-hydrogen) atoms. The maximum absolute atomic E-state index is 12.6. The molecule has 1 saturated carbocycles. The van der Waals surface area contributed by atoms with E-state index in [9.17, 15) is 13.2 Å². The number of hydrogen-bond acceptors (Lipinski definition) is 6. The largest absolute Gasteiger partial charge is 0.379 e. The van der Waals surface area contributed by atoms with Gasteiger partial charge in [-0.05, 0) is 43.2 Å². The minimum Gasteiger partial charge on any atom is -0.379 e. The standard InChI is InChI=1S/C19H22N4O4S/c24-19(20-12-16-11-18(14-1-2-14)22-13-21-16)15-3-5-17(6-4-15)28(25,26)23-7-9-27-10-8-23/h3-6,11,13-14H,1-2,7-10,12H2,(H,20,24). The maximum Gasteiger partial charge on any atom is 0.251 e. The van der Waals surface area contributed by atoms with Crippen molar-refractivity contribution in [3.05, 3.63) is 53.6 Å². The molecule has 0 bridgehead atoms. The van der Waals surface area contributed by atoms with Gasteiger partial charge in [0.1, 0.15) is 6.33 Å². The smallest absolute Gasteiger partial charge is 0.251 e. The van der Waals surface area contributed by atoms with Crippen molar-refractivity contribution in [3.8, 4) is 0 Å². The lowest BCUT2D eigenvalue weighted by molar-refractivity contribution is 0.0730. The van der Waals surface area contributed by atoms with E-state index in [0.29, 0.717) is 44.3 Å². The van der Waals surface area contributed by atoms with Crippen molar-refractivity contribution in [2.24, 2.45) is 0 Å². The molecule has 1 aliphatic carbocycles. The number of aromatic nitrogens is 2. The van der Waals surface area contributed by atoms with Gasteiger partial charge in [-0.25, -0.2) is 18.4 Å². The zero-order valence-corrected chi connectivity index (χ0v) is 16.2. The summed E-state index contributed by atoms with van der Waals surface area (Å²) in [4.78, 5) is 21.0. The van der Waals surface area contributed by atoms with Crippen LogP contribution in [0.3, 0.4) is 0 Å². The number of carbonyl (C=O) groups is 1. The lowest BCUT2D eigenvalue weighted by Gasteiger charge is -2.26. The summed E-state index contributed by atoms with van der Waals surface area (Å²) in [5.41, 5.74) is 2.19. The van der Waals surface area contributed by atoms with Crippen molar-refractivity contribution >= 4 is 15.9 Å². The molecular weight excluding hydrogens is 380 g/mol. The van der Waals surface area contributed by atoms with Gasteiger partial charge in [-0.1, -0.05) is 0 Å². The van der Waals surface area contributed by atoms with Crippen molar-refractivity contribution < 1.29 is 17.9 Å². The fraction of sp³-hybridized carbons (Fsp3) is 0.421. The van der Waals surface area contributed by atoms with Gasteiger partial charge >= 0.3 is 0 Å². The Morgan fingerprint density at radius 2 is 1.86 bits per heavy atom. The quantitative estimate of drug-likeness (QED) is 0.782. The Labute approximate surface area is 164 Å². The summed E-state index contributed by atoms with van der Waals surface area (Å²) in [5, 5.41) is 2.82. The zero-order valence-electron chi connectivity index (χ0n) is 15.4. The van der Waals surface area contributed by atoms with Crippen LogP contribution in [0, 0.1) is 0 Å². The van der Waals surface area contributed by atoms with Crippen LogP contribution in [0.2, 0.25) is 0 Å². The first-order chi connectivity index (χ1) is 13.5. The predicted molar refractivity (Wildman–Crippen MR) is 101 cm³/mol. The minimum absolute atomic E-state index is 0.177. The van der Waals surface area contributed by atoms with Gasteiger partial charge in [0.05, 0.1) is 30.3 Å². The van der Waals surface area contributed by atoms with E-state index in [1.807, 2.05) is 6.07 Å². The second kappa shape index (κ2) is 7.94. The highest BCUT2D eigenvalue weighted by Crippen LogP contribution is 2.38. The van der Waals surface area contributed by atoms with Crippen molar-refractivity contribution in [1.29, 1.82) is 0 Å². The van der Waals surface area contributed by atoms with Gasteiger partial charge in [-0.3, -0.25) is 4.79 Å². The zero-order chi connectivity index (χ0) is 19.6. The summed E-state index contributed by atoms with van der Waals surface area (Å²) in [7, 11) is -3.56. The van der Waals surface area contributed by atoms with Crippen LogP contribution in [0.1, 0.15) is 40.5 Å². The first-order valence-electron chi connectivity index (χ1n) is 9.31. The molecule has 1 aromatic carbocycles. The maximum atomic E-state index is 12.6. The van der Waals surface area contributed by atoms with Crippen LogP contribution in [0.4, 0.5) is 0 Å². The molecule has 148 valence electrons. The Balaban J connectivity index is 1.39. The lowest BCUT2D eigenvalue weighted by Crippen LogP contribution is -2.40. The number of benzene rings is 1. The molecule has 1 saturated heterocycles. The third-order valence-electron chi connectivity index (χ3n) is 4.89. The molecule has 1 amide bonds. The number of nitrogens with one attached hydrogen (secondary N) is 1. The molecule has 2 fully saturated rings. The second-order valence-electron chi connectivity index (χ2n) is 6.93. The van der Waals surface area contributed by atoms with Crippen LogP contribution in [-0.2, 0) is 21.3 Å². The van der Waals surface area contributed by atoms with E-state index in [4.69, 9.17) is 4.74 Å². The third kappa shape index (κ3) is 4.21. The first kappa shape index (κ1) is 19.0. The number of hydrogen-bond donors (Lipinski definition) is 1. The normalized spacial score (nSPS) is 18.0. The van der Waals surface area contributed by atoms with Gasteiger partial charge in [0, 0.05) is 30.3 Å². The highest BCUT2D eigenvalue weighted by molar-refractivity contribution is 7.89. The van der Waals surface area contributed by atoms with Gasteiger partial charge in [0.15, 0.2) is 0 Å². The Bertz CT molecular complexity index is 952. The van der Waals surface area contributed by atoms with E-state index in [0.717, 1.165) is 24.2 Å². The van der Waals surface area contributed by atoms with E-state index in [2.05, 4.69) is 15.3 Å². The van der Waals surface area contributed by atoms with Gasteiger partial charge in [-0.2, -0.15) is 4.31 Å². The number of amides is 1. The molecule has 1 aromatic heterocycles. The number of sulfonamides is 1. The number of nitrogens with zero attached hydrogens (tertiary/aromatic N) is 3. The summed E-state index contributed by atoms with van der Waals surface area (Å²) in [6.07, 6.45) is 3.84. The molecule has 0 spiro atoms. The topological polar surface area (TPSA) is 101 Å². The summed E-state index contributed by atoms with van der Waals surface area (Å²) < 4.78 is 31.9. The number of morpholine rings is 1. The van der Waals surface area contributed by atoms with Crippen LogP contribution in [0.15, 0.2) is 41.6 Å². The summed E-state index contributed by atoms with van der Waals surface area (Å²) >= 11 is 0. The van der Waals surface area contributed by atoms with Crippen LogP contribution in [-0.4, -0.2) is 54.9 Å². The van der Waals surface area contributed by atoms with Crippen molar-refractivity contribution in [2.45, 2.75) is 30.2 Å². The van der Waals surface area contributed by atoms with Gasteiger partial charge in [0.25, 0.3) is 5.91 Å². The Morgan fingerprint density at radius 1 is 1.14 bits per heavy atom. The van der Waals surface area contributed by atoms with E-state index < -0.39 is 10.0 Å². The average molecular weight is 402 g/mol. The lowest BCUT2D eigenvalue weighted by atomic mass is 10.2. The second-order valence-corrected chi connectivity index (χ2v) is 8.87. The highest BCUT2D eigenvalue weighted by Gasteiger charge is 2.27. The molecule has 2 aliphatic rings. The first-order valence-corrected chi connectivity index (χ1v) is 10.7. The molecule has 0 atom stereocenters. The fourth-order valence-electron chi connectivity index (χ4n) is 3.10. The summed E-state index contributed by atoms with van der Waals surface area (Å²) in [5.74, 6) is 0.250. The van der Waals surface area contributed by atoms with E-state index in [1.54, 1.807) is 0 Å². The molecule has 2 heterocycles. The Kier molecular flexibility index (Phi) is 5.38. The molecule has 1 N–H and O–H groups in total. The summed E-state index contributed by atoms with van der Waals surface area (Å²) in [6.45, 7) is 1.77. The molecular formula is C19H22N4O4S. The van der Waals surface area contributed by atoms with Crippen LogP contribution < -0.4 is 5.32 Å². The van der Waals surface area contributed by atoms with Crippen molar-refractivity contribution in [3.63, 3.8) is 0 Å². The van der Waals surface area contributed by atoms with E-state index in [1.165, 1.54) is 34.9 Å².